The number of nitrogens with one attached hydrogen (secondary N) is 1. The van der Waals surface area contributed by atoms with E-state index in [1.807, 2.05) is 56.3 Å². The summed E-state index contributed by atoms with van der Waals surface area (Å²) in [5, 5.41) is 5.10. The van der Waals surface area contributed by atoms with Crippen LogP contribution in [0.5, 0.6) is 0 Å². The Kier molecular flexibility index (Phi) is 5.18. The smallest absolute Gasteiger partial charge is 0.412 e. The van der Waals surface area contributed by atoms with E-state index >= 15 is 0 Å². The molecule has 0 bridgehead atoms. The molecule has 1 amide bonds. The molecule has 3 atom stereocenters. The molecule has 0 aromatic heterocycles. The lowest BCUT2D eigenvalue weighted by molar-refractivity contribution is 0.00504. The standard InChI is InChI=1S/C26H33NO2/c1-18-9-8-15-26(4)16-14-20(17-22(18)26)25(2,3)29-24(28)27-23-13-7-11-19-10-5-6-12-21(19)23/h5-7,10-13,17-18,20H,8-9,14-16H2,1-4H3,(H,27,28). The van der Waals surface area contributed by atoms with Crippen molar-refractivity contribution in [3.05, 3.63) is 54.1 Å². The van der Waals surface area contributed by atoms with Crippen LogP contribution in [0.15, 0.2) is 54.1 Å². The van der Waals surface area contributed by atoms with E-state index in [4.69, 9.17) is 4.74 Å². The first kappa shape index (κ1) is 20.0. The maximum absolute atomic E-state index is 12.8. The minimum absolute atomic E-state index is 0.254. The number of fused-ring (bicyclic) bond motifs is 2. The number of ether oxygens (including phenoxy) is 1. The molecule has 3 nitrogen and oxygen atoms in total. The van der Waals surface area contributed by atoms with Crippen molar-refractivity contribution in [2.75, 3.05) is 5.32 Å². The molecule has 1 fully saturated rings. The van der Waals surface area contributed by atoms with E-state index in [1.165, 1.54) is 25.7 Å². The monoisotopic (exact) mass is 391 g/mol. The molecular weight excluding hydrogens is 358 g/mol. The van der Waals surface area contributed by atoms with Gasteiger partial charge in [-0.1, -0.05) is 68.3 Å². The van der Waals surface area contributed by atoms with Gasteiger partial charge in [-0.05, 0) is 62.3 Å². The molecule has 0 spiro atoms. The van der Waals surface area contributed by atoms with Gasteiger partial charge in [-0.25, -0.2) is 4.79 Å². The van der Waals surface area contributed by atoms with E-state index in [0.29, 0.717) is 11.3 Å². The van der Waals surface area contributed by atoms with Gasteiger partial charge in [0.2, 0.25) is 0 Å². The van der Waals surface area contributed by atoms with Crippen LogP contribution in [0.25, 0.3) is 10.8 Å². The molecule has 0 aliphatic heterocycles. The van der Waals surface area contributed by atoms with E-state index in [1.54, 1.807) is 5.57 Å². The van der Waals surface area contributed by atoms with Gasteiger partial charge in [0.1, 0.15) is 5.60 Å². The Morgan fingerprint density at radius 3 is 2.69 bits per heavy atom. The maximum atomic E-state index is 12.8. The average Bonchev–Trinajstić information content (AvgIpc) is 2.67. The highest BCUT2D eigenvalue weighted by Gasteiger charge is 2.43. The molecular formula is C26H33NO2. The van der Waals surface area contributed by atoms with Crippen molar-refractivity contribution in [1.29, 1.82) is 0 Å². The summed E-state index contributed by atoms with van der Waals surface area (Å²) >= 11 is 0. The zero-order valence-electron chi connectivity index (χ0n) is 18.1. The van der Waals surface area contributed by atoms with Crippen LogP contribution in [0.1, 0.15) is 59.8 Å². The Labute approximate surface area is 174 Å². The first-order chi connectivity index (χ1) is 13.8. The summed E-state index contributed by atoms with van der Waals surface area (Å²) in [6.07, 6.45) is 8.21. The summed E-state index contributed by atoms with van der Waals surface area (Å²) in [5.74, 6) is 0.890. The highest BCUT2D eigenvalue weighted by molar-refractivity contribution is 6.00. The Balaban J connectivity index is 1.50. The summed E-state index contributed by atoms with van der Waals surface area (Å²) in [5.41, 5.74) is 2.18. The van der Waals surface area contributed by atoms with Crippen LogP contribution < -0.4 is 5.32 Å². The van der Waals surface area contributed by atoms with Gasteiger partial charge in [-0.2, -0.15) is 0 Å². The fraction of sp³-hybridized carbons (Fsp3) is 0.500. The molecule has 0 radical (unpaired) electrons. The zero-order valence-corrected chi connectivity index (χ0v) is 18.1. The minimum Gasteiger partial charge on any atom is -0.443 e. The van der Waals surface area contributed by atoms with Gasteiger partial charge in [-0.15, -0.1) is 0 Å². The normalized spacial score (nSPS) is 27.1. The second-order valence-corrected chi connectivity index (χ2v) is 9.77. The second-order valence-electron chi connectivity index (χ2n) is 9.77. The van der Waals surface area contributed by atoms with Crippen molar-refractivity contribution < 1.29 is 9.53 Å². The van der Waals surface area contributed by atoms with Crippen LogP contribution in [-0.4, -0.2) is 11.7 Å². The predicted molar refractivity (Wildman–Crippen MR) is 120 cm³/mol. The number of carbonyl (C=O) groups is 1. The summed E-state index contributed by atoms with van der Waals surface area (Å²) in [6.45, 7) is 8.87. The predicted octanol–water partition coefficient (Wildman–Crippen LogP) is 7.33. The fourth-order valence-corrected chi connectivity index (χ4v) is 5.43. The van der Waals surface area contributed by atoms with Gasteiger partial charge >= 0.3 is 6.09 Å². The van der Waals surface area contributed by atoms with E-state index in [0.717, 1.165) is 22.9 Å². The maximum Gasteiger partial charge on any atom is 0.412 e. The topological polar surface area (TPSA) is 38.3 Å². The lowest BCUT2D eigenvalue weighted by Gasteiger charge is -2.47. The SMILES string of the molecule is CC1CCCC2(C)CCC(C(C)(C)OC(=O)Nc3cccc4ccccc34)C=C12. The van der Waals surface area contributed by atoms with Gasteiger partial charge in [0.25, 0.3) is 0 Å². The lowest BCUT2D eigenvalue weighted by Crippen LogP contribution is -2.42. The van der Waals surface area contributed by atoms with Crippen molar-refractivity contribution in [1.82, 2.24) is 0 Å². The van der Waals surface area contributed by atoms with Gasteiger partial charge in [0.15, 0.2) is 0 Å². The largest absolute Gasteiger partial charge is 0.443 e. The van der Waals surface area contributed by atoms with Gasteiger partial charge in [-0.3, -0.25) is 5.32 Å². The molecule has 2 aliphatic rings. The van der Waals surface area contributed by atoms with Crippen molar-refractivity contribution in [2.45, 2.75) is 65.4 Å². The summed E-state index contributed by atoms with van der Waals surface area (Å²) in [6, 6.07) is 14.0. The van der Waals surface area contributed by atoms with E-state index in [9.17, 15) is 4.79 Å². The van der Waals surface area contributed by atoms with Crippen LogP contribution in [0, 0.1) is 17.3 Å². The van der Waals surface area contributed by atoms with E-state index in [2.05, 4.69) is 25.2 Å². The number of hydrogen-bond donors (Lipinski definition) is 1. The molecule has 154 valence electrons. The van der Waals surface area contributed by atoms with Gasteiger partial charge < -0.3 is 4.74 Å². The summed E-state index contributed by atoms with van der Waals surface area (Å²) in [4.78, 5) is 12.8. The average molecular weight is 392 g/mol. The van der Waals surface area contributed by atoms with Crippen LogP contribution in [0.2, 0.25) is 0 Å². The van der Waals surface area contributed by atoms with Gasteiger partial charge in [0.05, 0.1) is 5.69 Å². The third-order valence-electron chi connectivity index (χ3n) is 7.26. The molecule has 0 heterocycles. The molecule has 2 aromatic carbocycles. The van der Waals surface area contributed by atoms with Crippen LogP contribution in [0.3, 0.4) is 0 Å². The van der Waals surface area contributed by atoms with Crippen LogP contribution >= 0.6 is 0 Å². The molecule has 4 rings (SSSR count). The Morgan fingerprint density at radius 1 is 1.10 bits per heavy atom. The number of anilines is 1. The highest BCUT2D eigenvalue weighted by Crippen LogP contribution is 2.52. The number of carbonyl (C=O) groups excluding carboxylic acids is 1. The molecule has 3 heteroatoms. The zero-order chi connectivity index (χ0) is 20.6. The Hall–Kier alpha value is -2.29. The number of hydrogen-bond acceptors (Lipinski definition) is 2. The molecule has 1 saturated carbocycles. The fourth-order valence-electron chi connectivity index (χ4n) is 5.43. The van der Waals surface area contributed by atoms with E-state index < -0.39 is 5.60 Å². The highest BCUT2D eigenvalue weighted by atomic mass is 16.6. The summed E-state index contributed by atoms with van der Waals surface area (Å²) < 4.78 is 5.98. The number of allylic oxidation sites excluding steroid dienone is 1. The number of amides is 1. The van der Waals surface area contributed by atoms with Crippen molar-refractivity contribution in [3.8, 4) is 0 Å². The Morgan fingerprint density at radius 2 is 1.86 bits per heavy atom. The molecule has 2 aromatic rings. The number of benzene rings is 2. The molecule has 2 aliphatic carbocycles. The van der Waals surface area contributed by atoms with Crippen molar-refractivity contribution >= 4 is 22.6 Å². The third kappa shape index (κ3) is 3.92. The Bertz CT molecular complexity index is 939. The third-order valence-corrected chi connectivity index (χ3v) is 7.26. The van der Waals surface area contributed by atoms with Crippen LogP contribution in [0.4, 0.5) is 10.5 Å². The van der Waals surface area contributed by atoms with Crippen molar-refractivity contribution in [3.63, 3.8) is 0 Å². The summed E-state index contributed by atoms with van der Waals surface area (Å²) in [7, 11) is 0. The van der Waals surface area contributed by atoms with Crippen LogP contribution in [-0.2, 0) is 4.74 Å². The minimum atomic E-state index is -0.542. The lowest BCUT2D eigenvalue weighted by atomic mass is 9.60. The first-order valence-electron chi connectivity index (χ1n) is 11.0. The second kappa shape index (κ2) is 7.51. The molecule has 0 saturated heterocycles. The quantitative estimate of drug-likeness (QED) is 0.556. The molecule has 1 N–H and O–H groups in total. The van der Waals surface area contributed by atoms with Gasteiger partial charge in [0, 0.05) is 11.3 Å². The molecule has 29 heavy (non-hydrogen) atoms. The molecule has 3 unspecified atom stereocenters. The first-order valence-corrected chi connectivity index (χ1v) is 11.0. The van der Waals surface area contributed by atoms with Crippen molar-refractivity contribution in [2.24, 2.45) is 17.3 Å². The number of rotatable bonds is 3. The van der Waals surface area contributed by atoms with E-state index in [-0.39, 0.29) is 12.0 Å².